The maximum atomic E-state index is 14.1. The number of hydrogen-bond acceptors (Lipinski definition) is 7. The summed E-state index contributed by atoms with van der Waals surface area (Å²) < 4.78 is 35.6. The highest BCUT2D eigenvalue weighted by Gasteiger charge is 2.13. The van der Waals surface area contributed by atoms with Crippen LogP contribution in [0.1, 0.15) is 0 Å². The number of methoxy groups -OCH3 is 2. The zero-order valence-electron chi connectivity index (χ0n) is 16.1. The average molecular weight is 422 g/mol. The Morgan fingerprint density at radius 1 is 1.00 bits per heavy atom. The first-order valence-electron chi connectivity index (χ1n) is 8.86. The van der Waals surface area contributed by atoms with Crippen LogP contribution < -0.4 is 14.8 Å². The number of nitrogens with zero attached hydrogens (tertiary/aromatic N) is 2. The van der Waals surface area contributed by atoms with Crippen LogP contribution in [0.5, 0.6) is 11.5 Å². The third kappa shape index (κ3) is 5.44. The molecule has 0 amide bonds. The number of hydrogen-bond donors (Lipinski definition) is 1. The van der Waals surface area contributed by atoms with Crippen LogP contribution in [0.4, 0.5) is 15.9 Å². The minimum Gasteiger partial charge on any atom is -0.493 e. The summed E-state index contributed by atoms with van der Waals surface area (Å²) in [6, 6.07) is 7.86. The molecule has 0 atom stereocenters. The van der Waals surface area contributed by atoms with Gasteiger partial charge in [-0.15, -0.1) is 0 Å². The molecule has 0 saturated heterocycles. The second-order valence-electron chi connectivity index (χ2n) is 5.95. The Morgan fingerprint density at radius 2 is 1.83 bits per heavy atom. The molecule has 2 aromatic carbocycles. The number of rotatable bonds is 10. The van der Waals surface area contributed by atoms with Crippen LogP contribution in [0.3, 0.4) is 0 Å². The van der Waals surface area contributed by atoms with Crippen molar-refractivity contribution in [2.24, 2.45) is 0 Å². The summed E-state index contributed by atoms with van der Waals surface area (Å²) in [5.74, 6) is 0.982. The summed E-state index contributed by atoms with van der Waals surface area (Å²) >= 11 is 5.81. The van der Waals surface area contributed by atoms with Gasteiger partial charge in [-0.25, -0.2) is 14.4 Å². The van der Waals surface area contributed by atoms with Gasteiger partial charge in [0.1, 0.15) is 24.6 Å². The fourth-order valence-electron chi connectivity index (χ4n) is 2.61. The lowest BCUT2D eigenvalue weighted by Gasteiger charge is -2.14. The normalized spacial score (nSPS) is 10.9. The molecule has 1 aromatic heterocycles. The van der Waals surface area contributed by atoms with E-state index in [1.807, 2.05) is 0 Å². The van der Waals surface area contributed by atoms with Gasteiger partial charge in [-0.1, -0.05) is 11.6 Å². The van der Waals surface area contributed by atoms with Gasteiger partial charge in [-0.3, -0.25) is 0 Å². The highest BCUT2D eigenvalue weighted by molar-refractivity contribution is 6.30. The summed E-state index contributed by atoms with van der Waals surface area (Å²) in [4.78, 5) is 8.50. The molecule has 3 aromatic rings. The van der Waals surface area contributed by atoms with Crippen LogP contribution in [0, 0.1) is 5.82 Å². The van der Waals surface area contributed by atoms with E-state index < -0.39 is 5.82 Å². The van der Waals surface area contributed by atoms with Gasteiger partial charge in [-0.2, -0.15) is 0 Å². The van der Waals surface area contributed by atoms with Crippen molar-refractivity contribution >= 4 is 34.0 Å². The predicted molar refractivity (Wildman–Crippen MR) is 109 cm³/mol. The van der Waals surface area contributed by atoms with Crippen LogP contribution in [0.2, 0.25) is 5.02 Å². The van der Waals surface area contributed by atoms with Crippen LogP contribution >= 0.6 is 11.6 Å². The van der Waals surface area contributed by atoms with E-state index in [2.05, 4.69) is 15.3 Å². The molecular formula is C20H21ClFN3O4. The van der Waals surface area contributed by atoms with E-state index in [9.17, 15) is 4.39 Å². The molecular weight excluding hydrogens is 401 g/mol. The van der Waals surface area contributed by atoms with E-state index in [1.54, 1.807) is 38.5 Å². The molecule has 0 unspecified atom stereocenters. The maximum absolute atomic E-state index is 14.1. The zero-order valence-corrected chi connectivity index (χ0v) is 16.8. The van der Waals surface area contributed by atoms with Gasteiger partial charge in [-0.05, 0) is 24.3 Å². The van der Waals surface area contributed by atoms with E-state index in [0.29, 0.717) is 59.7 Å². The average Bonchev–Trinajstić information content (AvgIpc) is 2.72. The minimum atomic E-state index is -0.482. The smallest absolute Gasteiger partial charge is 0.163 e. The Hall–Kier alpha value is -2.68. The number of fused-ring (bicyclic) bond motifs is 1. The Balaban J connectivity index is 1.81. The molecule has 0 radical (unpaired) electrons. The minimum absolute atomic E-state index is 0.252. The molecule has 9 heteroatoms. The molecule has 0 fully saturated rings. The lowest BCUT2D eigenvalue weighted by molar-refractivity contribution is 0.0540. The first-order valence-corrected chi connectivity index (χ1v) is 9.24. The van der Waals surface area contributed by atoms with Crippen molar-refractivity contribution in [2.45, 2.75) is 0 Å². The number of nitrogens with one attached hydrogen (secondary N) is 1. The van der Waals surface area contributed by atoms with Crippen molar-refractivity contribution < 1.29 is 23.3 Å². The van der Waals surface area contributed by atoms with Crippen LogP contribution in [0.25, 0.3) is 10.9 Å². The molecule has 1 heterocycles. The van der Waals surface area contributed by atoms with Gasteiger partial charge in [0.05, 0.1) is 38.1 Å². The molecule has 0 aliphatic rings. The van der Waals surface area contributed by atoms with Crippen molar-refractivity contribution in [3.05, 3.63) is 47.5 Å². The van der Waals surface area contributed by atoms with Crippen molar-refractivity contribution in [3.8, 4) is 11.5 Å². The summed E-state index contributed by atoms with van der Waals surface area (Å²) in [6.07, 6.45) is 1.39. The predicted octanol–water partition coefficient (Wildman–Crippen LogP) is 4.22. The van der Waals surface area contributed by atoms with Crippen molar-refractivity contribution in [1.82, 2.24) is 9.97 Å². The summed E-state index contributed by atoms with van der Waals surface area (Å²) in [5, 5.41) is 3.94. The Bertz CT molecular complexity index is 974. The van der Waals surface area contributed by atoms with Gasteiger partial charge < -0.3 is 24.3 Å². The third-order valence-corrected chi connectivity index (χ3v) is 4.26. The molecule has 29 heavy (non-hydrogen) atoms. The molecule has 3 rings (SSSR count). The standard InChI is InChI=1S/C20H21ClFN3O4/c1-26-5-6-28-7-8-29-19-11-17-14(10-18(19)27-2)20(24-12-23-17)25-16-4-3-13(21)9-15(16)22/h3-4,9-12H,5-8H2,1-2H3,(H,23,24,25). The number of anilines is 2. The van der Waals surface area contributed by atoms with E-state index in [0.717, 1.165) is 0 Å². The van der Waals surface area contributed by atoms with Crippen molar-refractivity contribution in [2.75, 3.05) is 46.0 Å². The summed E-state index contributed by atoms with van der Waals surface area (Å²) in [5.41, 5.74) is 0.870. The molecule has 1 N–H and O–H groups in total. The van der Waals surface area contributed by atoms with Crippen LogP contribution in [-0.4, -0.2) is 50.6 Å². The Labute approximate surface area is 172 Å². The third-order valence-electron chi connectivity index (χ3n) is 4.02. The maximum Gasteiger partial charge on any atom is 0.163 e. The summed E-state index contributed by atoms with van der Waals surface area (Å²) in [6.45, 7) is 1.78. The first-order chi connectivity index (χ1) is 14.1. The molecule has 0 aliphatic carbocycles. The van der Waals surface area contributed by atoms with Gasteiger partial charge in [0.25, 0.3) is 0 Å². The lowest BCUT2D eigenvalue weighted by atomic mass is 10.2. The van der Waals surface area contributed by atoms with Gasteiger partial charge in [0, 0.05) is 23.6 Å². The van der Waals surface area contributed by atoms with Crippen molar-refractivity contribution in [3.63, 3.8) is 0 Å². The van der Waals surface area contributed by atoms with E-state index in [-0.39, 0.29) is 5.69 Å². The monoisotopic (exact) mass is 421 g/mol. The Morgan fingerprint density at radius 3 is 2.59 bits per heavy atom. The SMILES string of the molecule is COCCOCCOc1cc2ncnc(Nc3ccc(Cl)cc3F)c2cc1OC. The number of aromatic nitrogens is 2. The molecule has 0 saturated carbocycles. The van der Waals surface area contributed by atoms with Gasteiger partial charge in [0.2, 0.25) is 0 Å². The number of benzene rings is 2. The fraction of sp³-hybridized carbons (Fsp3) is 0.300. The number of ether oxygens (including phenoxy) is 4. The van der Waals surface area contributed by atoms with E-state index in [1.165, 1.54) is 12.4 Å². The molecule has 0 aliphatic heterocycles. The van der Waals surface area contributed by atoms with Gasteiger partial charge >= 0.3 is 0 Å². The van der Waals surface area contributed by atoms with Crippen LogP contribution in [-0.2, 0) is 9.47 Å². The van der Waals surface area contributed by atoms with E-state index >= 15 is 0 Å². The second kappa shape index (κ2) is 10.2. The molecule has 0 bridgehead atoms. The summed E-state index contributed by atoms with van der Waals surface area (Å²) in [7, 11) is 3.16. The topological polar surface area (TPSA) is 74.7 Å². The largest absolute Gasteiger partial charge is 0.493 e. The fourth-order valence-corrected chi connectivity index (χ4v) is 2.77. The van der Waals surface area contributed by atoms with Gasteiger partial charge in [0.15, 0.2) is 11.5 Å². The van der Waals surface area contributed by atoms with Crippen LogP contribution in [0.15, 0.2) is 36.7 Å². The highest BCUT2D eigenvalue weighted by atomic mass is 35.5. The van der Waals surface area contributed by atoms with Crippen molar-refractivity contribution in [1.29, 1.82) is 0 Å². The lowest BCUT2D eigenvalue weighted by Crippen LogP contribution is -2.10. The number of halogens is 2. The molecule has 0 spiro atoms. The zero-order chi connectivity index (χ0) is 20.6. The molecule has 154 valence electrons. The molecule has 7 nitrogen and oxygen atoms in total. The first kappa shape index (κ1) is 21.0. The quantitative estimate of drug-likeness (QED) is 0.491. The van der Waals surface area contributed by atoms with E-state index in [4.69, 9.17) is 30.5 Å². The highest BCUT2D eigenvalue weighted by Crippen LogP contribution is 2.35. The Kier molecular flexibility index (Phi) is 7.40. The second-order valence-corrected chi connectivity index (χ2v) is 6.38.